The Bertz CT molecular complexity index is 321. The van der Waals surface area contributed by atoms with Crippen LogP contribution in [0.3, 0.4) is 0 Å². The van der Waals surface area contributed by atoms with Gasteiger partial charge in [0.15, 0.2) is 0 Å². The van der Waals surface area contributed by atoms with Crippen molar-refractivity contribution in [1.82, 2.24) is 0 Å². The van der Waals surface area contributed by atoms with Crippen molar-refractivity contribution in [3.8, 4) is 0 Å². The van der Waals surface area contributed by atoms with Crippen molar-refractivity contribution in [2.75, 3.05) is 0 Å². The van der Waals surface area contributed by atoms with Crippen LogP contribution in [0.15, 0.2) is 7.57 Å². The molecule has 0 saturated carbocycles. The van der Waals surface area contributed by atoms with Crippen LogP contribution in [0.1, 0.15) is 23.3 Å². The van der Waals surface area contributed by atoms with Gasteiger partial charge in [0.1, 0.15) is 18.3 Å². The van der Waals surface area contributed by atoms with Crippen LogP contribution in [0.5, 0.6) is 0 Å². The van der Waals surface area contributed by atoms with Gasteiger partial charge in [-0.05, 0) is 31.9 Å². The lowest BCUT2D eigenvalue weighted by atomic mass is 10.2. The van der Waals surface area contributed by atoms with Crippen LogP contribution in [0.4, 0.5) is 0 Å². The molecule has 3 atom stereocenters. The average molecular weight is 330 g/mol. The highest BCUT2D eigenvalue weighted by atomic mass is 79.9. The van der Waals surface area contributed by atoms with E-state index in [1.54, 1.807) is 0 Å². The number of rotatable bonds is 0. The largest absolute Gasteiger partial charge is 0.387 e. The summed E-state index contributed by atoms with van der Waals surface area (Å²) in [6, 6.07) is 0. The molecular formula is C7H6Br2O3S. The lowest BCUT2D eigenvalue weighted by Gasteiger charge is -2.11. The molecule has 0 fully saturated rings. The van der Waals surface area contributed by atoms with E-state index in [9.17, 15) is 15.3 Å². The highest BCUT2D eigenvalue weighted by Gasteiger charge is 2.42. The van der Waals surface area contributed by atoms with Crippen LogP contribution in [-0.2, 0) is 0 Å². The Morgan fingerprint density at radius 1 is 0.923 bits per heavy atom. The number of aliphatic hydroxyl groups is 3. The van der Waals surface area contributed by atoms with Gasteiger partial charge >= 0.3 is 0 Å². The molecular weight excluding hydrogens is 324 g/mol. The third-order valence-corrected chi connectivity index (χ3v) is 4.76. The Kier molecular flexibility index (Phi) is 2.55. The third kappa shape index (κ3) is 1.32. The third-order valence-electron chi connectivity index (χ3n) is 2.13. The van der Waals surface area contributed by atoms with Gasteiger partial charge in [-0.25, -0.2) is 0 Å². The summed E-state index contributed by atoms with van der Waals surface area (Å²) >= 11 is 7.92. The second kappa shape index (κ2) is 3.29. The Balaban J connectivity index is 2.61. The predicted octanol–water partition coefficient (Wildman–Crippen LogP) is 1.71. The van der Waals surface area contributed by atoms with Gasteiger partial charge in [0.05, 0.1) is 7.57 Å². The summed E-state index contributed by atoms with van der Waals surface area (Å²) in [6.45, 7) is 0. The summed E-state index contributed by atoms with van der Waals surface area (Å²) in [5, 5.41) is 28.5. The molecule has 0 bridgehead atoms. The molecule has 0 saturated heterocycles. The van der Waals surface area contributed by atoms with Gasteiger partial charge in [-0.2, -0.15) is 0 Å². The molecule has 3 nitrogen and oxygen atoms in total. The Morgan fingerprint density at radius 2 is 1.31 bits per heavy atom. The molecule has 1 aliphatic rings. The molecule has 1 heterocycles. The van der Waals surface area contributed by atoms with Crippen molar-refractivity contribution in [2.24, 2.45) is 0 Å². The van der Waals surface area contributed by atoms with Gasteiger partial charge in [0, 0.05) is 11.1 Å². The second-order valence-corrected chi connectivity index (χ2v) is 6.51. The normalized spacial score (nSPS) is 32.2. The molecule has 1 aromatic heterocycles. The highest BCUT2D eigenvalue weighted by molar-refractivity contribution is 9.12. The Hall–Kier alpha value is 0.540. The zero-order valence-electron chi connectivity index (χ0n) is 6.24. The van der Waals surface area contributed by atoms with E-state index in [2.05, 4.69) is 31.9 Å². The highest BCUT2D eigenvalue weighted by Crippen LogP contribution is 2.50. The summed E-state index contributed by atoms with van der Waals surface area (Å²) in [7, 11) is 0. The van der Waals surface area contributed by atoms with E-state index in [4.69, 9.17) is 0 Å². The van der Waals surface area contributed by atoms with Crippen LogP contribution < -0.4 is 0 Å². The minimum atomic E-state index is -1.12. The predicted molar refractivity (Wildman–Crippen MR) is 55.6 cm³/mol. The minimum absolute atomic E-state index is 0.594. The molecule has 0 amide bonds. The minimum Gasteiger partial charge on any atom is -0.387 e. The maximum atomic E-state index is 9.56. The van der Waals surface area contributed by atoms with Crippen molar-refractivity contribution < 1.29 is 15.3 Å². The van der Waals surface area contributed by atoms with E-state index in [-0.39, 0.29) is 0 Å². The fraction of sp³-hybridized carbons (Fsp3) is 0.429. The zero-order chi connectivity index (χ0) is 9.75. The molecule has 0 radical (unpaired) electrons. The number of fused-ring (bicyclic) bond motifs is 1. The Labute approximate surface area is 95.3 Å². The fourth-order valence-electron chi connectivity index (χ4n) is 1.47. The summed E-state index contributed by atoms with van der Waals surface area (Å²) in [4.78, 5) is 0. The molecule has 3 N–H and O–H groups in total. The van der Waals surface area contributed by atoms with E-state index in [0.717, 1.165) is 7.57 Å². The van der Waals surface area contributed by atoms with Crippen molar-refractivity contribution >= 4 is 43.2 Å². The van der Waals surface area contributed by atoms with E-state index in [1.807, 2.05) is 0 Å². The average Bonchev–Trinajstić information content (AvgIpc) is 2.47. The number of aliphatic hydroxyl groups excluding tert-OH is 3. The lowest BCUT2D eigenvalue weighted by Crippen LogP contribution is -2.17. The second-order valence-electron chi connectivity index (χ2n) is 2.86. The molecule has 6 heteroatoms. The lowest BCUT2D eigenvalue weighted by molar-refractivity contribution is -0.0434. The van der Waals surface area contributed by atoms with Gasteiger partial charge in [-0.3, -0.25) is 0 Å². The summed E-state index contributed by atoms with van der Waals surface area (Å²) < 4.78 is 1.50. The van der Waals surface area contributed by atoms with Crippen LogP contribution in [0.2, 0.25) is 0 Å². The molecule has 13 heavy (non-hydrogen) atoms. The van der Waals surface area contributed by atoms with Crippen molar-refractivity contribution in [3.63, 3.8) is 0 Å². The van der Waals surface area contributed by atoms with Gasteiger partial charge in [0.2, 0.25) is 0 Å². The molecule has 72 valence electrons. The van der Waals surface area contributed by atoms with Crippen LogP contribution >= 0.6 is 43.2 Å². The maximum absolute atomic E-state index is 9.56. The molecule has 0 aliphatic heterocycles. The quantitative estimate of drug-likeness (QED) is 0.679. The fourth-order valence-corrected chi connectivity index (χ4v) is 4.82. The van der Waals surface area contributed by atoms with Crippen LogP contribution in [0.25, 0.3) is 0 Å². The zero-order valence-corrected chi connectivity index (χ0v) is 10.2. The molecule has 1 unspecified atom stereocenters. The first-order chi connectivity index (χ1) is 6.04. The van der Waals surface area contributed by atoms with Crippen molar-refractivity contribution in [3.05, 3.63) is 18.7 Å². The number of halogens is 2. The Morgan fingerprint density at radius 3 is 1.69 bits per heavy atom. The first-order valence-electron chi connectivity index (χ1n) is 3.55. The summed E-state index contributed by atoms with van der Waals surface area (Å²) in [6.07, 6.45) is -3.12. The topological polar surface area (TPSA) is 60.7 Å². The van der Waals surface area contributed by atoms with Gasteiger partial charge in [0.25, 0.3) is 0 Å². The van der Waals surface area contributed by atoms with Crippen molar-refractivity contribution in [1.29, 1.82) is 0 Å². The SMILES string of the molecule is OC1[C@H](O)c2c(Br)sc(Br)c2[C@@H]1O. The smallest absolute Gasteiger partial charge is 0.114 e. The molecule has 1 aliphatic carbocycles. The number of thiophene rings is 1. The van der Waals surface area contributed by atoms with E-state index >= 15 is 0 Å². The standard InChI is InChI=1S/C7H6Br2O3S/c8-6-1-2(7(9)13-6)4(11)5(12)3(1)10/h3-5,10-12H/t3-,4+,5?. The van der Waals surface area contributed by atoms with Gasteiger partial charge < -0.3 is 15.3 Å². The van der Waals surface area contributed by atoms with Gasteiger partial charge in [-0.15, -0.1) is 11.3 Å². The molecule has 1 aromatic rings. The molecule has 2 rings (SSSR count). The summed E-state index contributed by atoms with van der Waals surface area (Å²) in [5.41, 5.74) is 1.19. The first-order valence-corrected chi connectivity index (χ1v) is 5.96. The van der Waals surface area contributed by atoms with Gasteiger partial charge in [-0.1, -0.05) is 0 Å². The van der Waals surface area contributed by atoms with E-state index in [1.165, 1.54) is 11.3 Å². The van der Waals surface area contributed by atoms with Crippen molar-refractivity contribution in [2.45, 2.75) is 18.3 Å². The maximum Gasteiger partial charge on any atom is 0.114 e. The van der Waals surface area contributed by atoms with E-state index in [0.29, 0.717) is 11.1 Å². The molecule has 0 aromatic carbocycles. The van der Waals surface area contributed by atoms with E-state index < -0.39 is 18.3 Å². The van der Waals surface area contributed by atoms with Crippen LogP contribution in [-0.4, -0.2) is 21.4 Å². The van der Waals surface area contributed by atoms with Crippen LogP contribution in [0, 0.1) is 0 Å². The number of hydrogen-bond donors (Lipinski definition) is 3. The first kappa shape index (κ1) is 10.1. The number of hydrogen-bond acceptors (Lipinski definition) is 4. The molecule has 0 spiro atoms. The monoisotopic (exact) mass is 328 g/mol. The summed E-state index contributed by atoms with van der Waals surface area (Å²) in [5.74, 6) is 0.